The summed E-state index contributed by atoms with van der Waals surface area (Å²) in [6.07, 6.45) is 11.2. The Hall–Kier alpha value is -0.780. The third kappa shape index (κ3) is 3.87. The van der Waals surface area contributed by atoms with Gasteiger partial charge in [-0.25, -0.2) is 0 Å². The van der Waals surface area contributed by atoms with Gasteiger partial charge in [0.2, 0.25) is 0 Å². The standard InChI is InChI=1S/C15H22.2CH4/c1-11-5-6-13-8-12(2)9-15(3,4)10-14(13)7-11;;/h8-11H,5-7H2,1-4H3;2*1H4. The van der Waals surface area contributed by atoms with Crippen LogP contribution in [0, 0.1) is 11.3 Å². The molecule has 0 heteroatoms. The average molecular weight is 234 g/mol. The fraction of sp³-hybridized carbons (Fsp3) is 0.647. The lowest BCUT2D eigenvalue weighted by atomic mass is 9.80. The first-order chi connectivity index (χ1) is 6.96. The molecule has 0 radical (unpaired) electrons. The fourth-order valence-corrected chi connectivity index (χ4v) is 2.88. The molecule has 0 nitrogen and oxygen atoms in total. The molecule has 17 heavy (non-hydrogen) atoms. The molecule has 0 heterocycles. The molecule has 98 valence electrons. The van der Waals surface area contributed by atoms with E-state index in [0.717, 1.165) is 5.92 Å². The molecule has 2 rings (SSSR count). The van der Waals surface area contributed by atoms with Crippen LogP contribution in [0.1, 0.15) is 61.8 Å². The van der Waals surface area contributed by atoms with E-state index >= 15 is 0 Å². The predicted molar refractivity (Wildman–Crippen MR) is 80.2 cm³/mol. The molecule has 2 aliphatic rings. The van der Waals surface area contributed by atoms with Gasteiger partial charge in [0.25, 0.3) is 0 Å². The maximum absolute atomic E-state index is 2.48. The van der Waals surface area contributed by atoms with Crippen LogP contribution in [-0.2, 0) is 0 Å². The van der Waals surface area contributed by atoms with E-state index in [9.17, 15) is 0 Å². The van der Waals surface area contributed by atoms with Gasteiger partial charge in [0.15, 0.2) is 0 Å². The molecule has 0 aromatic carbocycles. The van der Waals surface area contributed by atoms with E-state index in [1.54, 1.807) is 11.1 Å². The molecule has 2 aliphatic carbocycles. The Morgan fingerprint density at radius 3 is 2.41 bits per heavy atom. The van der Waals surface area contributed by atoms with Crippen LogP contribution in [0.15, 0.2) is 34.9 Å². The molecule has 1 atom stereocenters. The quantitative estimate of drug-likeness (QED) is 0.488. The topological polar surface area (TPSA) is 0 Å². The molecule has 0 amide bonds. The SMILES string of the molecule is C.C.CC1=CC(C)(C)C=C2CC(C)CCC2=C1. The fourth-order valence-electron chi connectivity index (χ4n) is 2.88. The highest BCUT2D eigenvalue weighted by Crippen LogP contribution is 2.38. The summed E-state index contributed by atoms with van der Waals surface area (Å²) in [5.74, 6) is 0.864. The Kier molecular flexibility index (Phi) is 5.45. The van der Waals surface area contributed by atoms with E-state index in [-0.39, 0.29) is 20.3 Å². The molecule has 0 N–H and O–H groups in total. The zero-order chi connectivity index (χ0) is 11.1. The van der Waals surface area contributed by atoms with Crippen LogP contribution in [0.3, 0.4) is 0 Å². The summed E-state index contributed by atoms with van der Waals surface area (Å²) in [6.45, 7) is 9.21. The van der Waals surface area contributed by atoms with Crippen molar-refractivity contribution in [1.29, 1.82) is 0 Å². The summed E-state index contributed by atoms with van der Waals surface area (Å²) >= 11 is 0. The Labute approximate surface area is 109 Å². The van der Waals surface area contributed by atoms with Crippen LogP contribution in [-0.4, -0.2) is 0 Å². The number of fused-ring (bicyclic) bond motifs is 1. The van der Waals surface area contributed by atoms with Crippen LogP contribution in [0.4, 0.5) is 0 Å². The van der Waals surface area contributed by atoms with Gasteiger partial charge in [0.05, 0.1) is 0 Å². The van der Waals surface area contributed by atoms with Gasteiger partial charge in [-0.1, -0.05) is 59.4 Å². The maximum atomic E-state index is 2.48. The molecular formula is C17H30. The number of rotatable bonds is 0. The van der Waals surface area contributed by atoms with Crippen molar-refractivity contribution in [3.8, 4) is 0 Å². The van der Waals surface area contributed by atoms with Crippen molar-refractivity contribution in [2.24, 2.45) is 11.3 Å². The first-order valence-corrected chi connectivity index (χ1v) is 6.08. The normalized spacial score (nSPS) is 26.1. The Balaban J connectivity index is 0.00000128. The van der Waals surface area contributed by atoms with Crippen molar-refractivity contribution in [3.05, 3.63) is 34.9 Å². The molecule has 0 aliphatic heterocycles. The van der Waals surface area contributed by atoms with Gasteiger partial charge in [0.1, 0.15) is 0 Å². The molecule has 0 spiro atoms. The Bertz CT molecular complexity index is 350. The summed E-state index contributed by atoms with van der Waals surface area (Å²) < 4.78 is 0. The van der Waals surface area contributed by atoms with Crippen LogP contribution >= 0.6 is 0 Å². The monoisotopic (exact) mass is 234 g/mol. The molecular weight excluding hydrogens is 204 g/mol. The van der Waals surface area contributed by atoms with Crippen LogP contribution in [0.25, 0.3) is 0 Å². The second-order valence-electron chi connectivity index (χ2n) is 5.90. The zero-order valence-corrected chi connectivity index (χ0v) is 10.4. The number of hydrogen-bond donors (Lipinski definition) is 0. The van der Waals surface area contributed by atoms with Crippen molar-refractivity contribution in [1.82, 2.24) is 0 Å². The molecule has 1 saturated carbocycles. The Morgan fingerprint density at radius 1 is 1.12 bits per heavy atom. The van der Waals surface area contributed by atoms with E-state index in [2.05, 4.69) is 45.9 Å². The summed E-state index contributed by atoms with van der Waals surface area (Å²) in [5, 5.41) is 0. The minimum absolute atomic E-state index is 0. The van der Waals surface area contributed by atoms with E-state index in [1.165, 1.54) is 24.8 Å². The molecule has 0 bridgehead atoms. The Morgan fingerprint density at radius 2 is 1.76 bits per heavy atom. The maximum Gasteiger partial charge on any atom is 0.00160 e. The van der Waals surface area contributed by atoms with E-state index in [4.69, 9.17) is 0 Å². The second kappa shape index (κ2) is 5.71. The predicted octanol–water partition coefficient (Wildman–Crippen LogP) is 5.92. The third-order valence-electron chi connectivity index (χ3n) is 3.44. The number of hydrogen-bond acceptors (Lipinski definition) is 0. The summed E-state index contributed by atoms with van der Waals surface area (Å²) in [5.41, 5.74) is 4.85. The van der Waals surface area contributed by atoms with Crippen molar-refractivity contribution in [2.45, 2.75) is 61.8 Å². The van der Waals surface area contributed by atoms with Gasteiger partial charge in [-0.3, -0.25) is 0 Å². The van der Waals surface area contributed by atoms with Crippen molar-refractivity contribution < 1.29 is 0 Å². The van der Waals surface area contributed by atoms with E-state index in [0.29, 0.717) is 0 Å². The van der Waals surface area contributed by atoms with Gasteiger partial charge in [-0.15, -0.1) is 0 Å². The zero-order valence-electron chi connectivity index (χ0n) is 10.4. The lowest BCUT2D eigenvalue weighted by Crippen LogP contribution is -2.10. The second-order valence-corrected chi connectivity index (χ2v) is 5.90. The van der Waals surface area contributed by atoms with E-state index < -0.39 is 0 Å². The minimum atomic E-state index is 0. The van der Waals surface area contributed by atoms with Crippen molar-refractivity contribution in [3.63, 3.8) is 0 Å². The first-order valence-electron chi connectivity index (χ1n) is 6.08. The van der Waals surface area contributed by atoms with Gasteiger partial charge in [-0.05, 0) is 43.3 Å². The van der Waals surface area contributed by atoms with Crippen LogP contribution < -0.4 is 0 Å². The largest absolute Gasteiger partial charge is 0.0776 e. The first kappa shape index (κ1) is 16.2. The highest BCUT2D eigenvalue weighted by molar-refractivity contribution is 5.43. The third-order valence-corrected chi connectivity index (χ3v) is 3.44. The summed E-state index contributed by atoms with van der Waals surface area (Å²) in [6, 6.07) is 0. The highest BCUT2D eigenvalue weighted by atomic mass is 14.3. The lowest BCUT2D eigenvalue weighted by molar-refractivity contribution is 0.491. The van der Waals surface area contributed by atoms with Crippen LogP contribution in [0.5, 0.6) is 0 Å². The van der Waals surface area contributed by atoms with Gasteiger partial charge >= 0.3 is 0 Å². The molecule has 0 saturated heterocycles. The van der Waals surface area contributed by atoms with E-state index in [1.807, 2.05) is 0 Å². The molecule has 0 aromatic heterocycles. The van der Waals surface area contributed by atoms with Crippen molar-refractivity contribution in [2.75, 3.05) is 0 Å². The molecule has 1 fully saturated rings. The van der Waals surface area contributed by atoms with Crippen LogP contribution in [0.2, 0.25) is 0 Å². The lowest BCUT2D eigenvalue weighted by Gasteiger charge is -2.25. The van der Waals surface area contributed by atoms with Crippen molar-refractivity contribution >= 4 is 0 Å². The smallest absolute Gasteiger partial charge is 0.00160 e. The number of allylic oxidation sites excluding steroid dienone is 6. The minimum Gasteiger partial charge on any atom is -0.0776 e. The van der Waals surface area contributed by atoms with Gasteiger partial charge < -0.3 is 0 Å². The molecule has 1 unspecified atom stereocenters. The highest BCUT2D eigenvalue weighted by Gasteiger charge is 2.23. The average Bonchev–Trinajstić information content (AvgIpc) is 2.17. The molecule has 0 aromatic rings. The van der Waals surface area contributed by atoms with Gasteiger partial charge in [0, 0.05) is 5.41 Å². The summed E-state index contributed by atoms with van der Waals surface area (Å²) in [7, 11) is 0. The van der Waals surface area contributed by atoms with Gasteiger partial charge in [-0.2, -0.15) is 0 Å². The summed E-state index contributed by atoms with van der Waals surface area (Å²) in [4.78, 5) is 0.